The Balaban J connectivity index is 1.59. The summed E-state index contributed by atoms with van der Waals surface area (Å²) in [7, 11) is -3.82. The van der Waals surface area contributed by atoms with Crippen LogP contribution in [0.3, 0.4) is 0 Å². The first-order chi connectivity index (χ1) is 12.4. The van der Waals surface area contributed by atoms with Gasteiger partial charge >= 0.3 is 0 Å². The van der Waals surface area contributed by atoms with Gasteiger partial charge in [-0.3, -0.25) is 0 Å². The molecule has 0 unspecified atom stereocenters. The predicted molar refractivity (Wildman–Crippen MR) is 94.5 cm³/mol. The second-order valence-electron chi connectivity index (χ2n) is 5.36. The number of benzene rings is 2. The topological polar surface area (TPSA) is 68.3 Å². The quantitative estimate of drug-likeness (QED) is 0.659. The lowest BCUT2D eigenvalue weighted by atomic mass is 10.2. The molecule has 0 atom stereocenters. The van der Waals surface area contributed by atoms with Crippen molar-refractivity contribution in [2.45, 2.75) is 12.3 Å². The van der Waals surface area contributed by atoms with Crippen molar-refractivity contribution in [3.63, 3.8) is 0 Å². The minimum absolute atomic E-state index is 0.0246. The van der Waals surface area contributed by atoms with Gasteiger partial charge in [-0.25, -0.2) is 26.9 Å². The van der Waals surface area contributed by atoms with Crippen LogP contribution in [-0.2, 0) is 22.3 Å². The summed E-state index contributed by atoms with van der Waals surface area (Å²) < 4.78 is 58.8. The second kappa shape index (κ2) is 7.90. The maximum atomic E-state index is 13.6. The standard InChI is InChI=1S/C17H14F2N2O3S2/c18-14-3-6-16(19)13(9-14)11-26(22,23)21-10-12-1-4-15(5-2-12)24-17-20-7-8-25-17/h1-9,21H,10-11H2. The third kappa shape index (κ3) is 5.07. The van der Waals surface area contributed by atoms with Crippen molar-refractivity contribution in [1.82, 2.24) is 9.71 Å². The summed E-state index contributed by atoms with van der Waals surface area (Å²) in [6.45, 7) is 0.0246. The highest BCUT2D eigenvalue weighted by Crippen LogP contribution is 2.23. The van der Waals surface area contributed by atoms with Gasteiger partial charge in [0.2, 0.25) is 10.0 Å². The monoisotopic (exact) mass is 396 g/mol. The molecule has 136 valence electrons. The van der Waals surface area contributed by atoms with E-state index in [9.17, 15) is 17.2 Å². The Morgan fingerprint density at radius 2 is 1.88 bits per heavy atom. The fourth-order valence-corrected chi connectivity index (χ4v) is 3.76. The Morgan fingerprint density at radius 1 is 1.12 bits per heavy atom. The molecule has 0 aliphatic heterocycles. The lowest BCUT2D eigenvalue weighted by Gasteiger charge is -2.08. The third-order valence-electron chi connectivity index (χ3n) is 3.39. The molecule has 26 heavy (non-hydrogen) atoms. The van der Waals surface area contributed by atoms with Gasteiger partial charge in [-0.2, -0.15) is 0 Å². The highest BCUT2D eigenvalue weighted by atomic mass is 32.2. The van der Waals surface area contributed by atoms with Gasteiger partial charge in [0.25, 0.3) is 5.19 Å². The Labute approximate surface area is 153 Å². The number of sulfonamides is 1. The maximum Gasteiger partial charge on any atom is 0.278 e. The molecule has 0 spiro atoms. The van der Waals surface area contributed by atoms with E-state index in [0.717, 1.165) is 18.2 Å². The summed E-state index contributed by atoms with van der Waals surface area (Å²) in [6, 6.07) is 9.51. The van der Waals surface area contributed by atoms with Crippen LogP contribution in [0.25, 0.3) is 0 Å². The van der Waals surface area contributed by atoms with Crippen molar-refractivity contribution in [2.75, 3.05) is 0 Å². The summed E-state index contributed by atoms with van der Waals surface area (Å²) in [4.78, 5) is 4.00. The first kappa shape index (κ1) is 18.4. The first-order valence-corrected chi connectivity index (χ1v) is 10.0. The van der Waals surface area contributed by atoms with Gasteiger partial charge < -0.3 is 4.74 Å². The molecule has 3 rings (SSSR count). The van der Waals surface area contributed by atoms with Gasteiger partial charge in [0.1, 0.15) is 17.4 Å². The molecule has 0 amide bonds. The van der Waals surface area contributed by atoms with Crippen LogP contribution in [0.5, 0.6) is 10.9 Å². The van der Waals surface area contributed by atoms with E-state index in [4.69, 9.17) is 4.74 Å². The Hall–Kier alpha value is -2.36. The SMILES string of the molecule is O=S(=O)(Cc1cc(F)ccc1F)NCc1ccc(Oc2nccs2)cc1. The predicted octanol–water partition coefficient (Wildman–Crippen LogP) is 3.83. The fraction of sp³-hybridized carbons (Fsp3) is 0.118. The minimum Gasteiger partial charge on any atom is -0.431 e. The summed E-state index contributed by atoms with van der Waals surface area (Å²) in [5.41, 5.74) is 0.476. The Morgan fingerprint density at radius 3 is 2.58 bits per heavy atom. The van der Waals surface area contributed by atoms with Crippen molar-refractivity contribution in [3.05, 3.63) is 76.8 Å². The van der Waals surface area contributed by atoms with E-state index in [1.54, 1.807) is 35.8 Å². The number of aromatic nitrogens is 1. The average molecular weight is 396 g/mol. The molecule has 0 radical (unpaired) electrons. The van der Waals surface area contributed by atoms with Gasteiger partial charge in [-0.1, -0.05) is 23.5 Å². The average Bonchev–Trinajstić information content (AvgIpc) is 3.10. The van der Waals surface area contributed by atoms with Crippen LogP contribution in [-0.4, -0.2) is 13.4 Å². The number of thiazole rings is 1. The number of nitrogens with zero attached hydrogens (tertiary/aromatic N) is 1. The van der Waals surface area contributed by atoms with E-state index in [-0.39, 0.29) is 12.1 Å². The zero-order valence-corrected chi connectivity index (χ0v) is 15.0. The van der Waals surface area contributed by atoms with Crippen molar-refractivity contribution in [3.8, 4) is 10.9 Å². The number of hydrogen-bond acceptors (Lipinski definition) is 5. The number of rotatable bonds is 7. The van der Waals surface area contributed by atoms with Crippen molar-refractivity contribution in [1.29, 1.82) is 0 Å². The Kier molecular flexibility index (Phi) is 5.60. The molecule has 9 heteroatoms. The van der Waals surface area contributed by atoms with Crippen LogP contribution in [0.4, 0.5) is 8.78 Å². The molecule has 0 saturated carbocycles. The molecule has 2 aromatic carbocycles. The molecule has 1 heterocycles. The van der Waals surface area contributed by atoms with Gasteiger partial charge in [0, 0.05) is 23.7 Å². The summed E-state index contributed by atoms with van der Waals surface area (Å²) in [5.74, 6) is -1.51. The van der Waals surface area contributed by atoms with Crippen LogP contribution in [0.1, 0.15) is 11.1 Å². The van der Waals surface area contributed by atoms with Crippen LogP contribution >= 0.6 is 11.3 Å². The van der Waals surface area contributed by atoms with Crippen molar-refractivity contribution >= 4 is 21.4 Å². The van der Waals surface area contributed by atoms with Gasteiger partial charge in [0.05, 0.1) is 5.75 Å². The van der Waals surface area contributed by atoms with E-state index >= 15 is 0 Å². The summed E-state index contributed by atoms with van der Waals surface area (Å²) in [5, 5.41) is 2.30. The number of halogens is 2. The maximum absolute atomic E-state index is 13.6. The molecule has 1 N–H and O–H groups in total. The Bertz CT molecular complexity index is 976. The smallest absolute Gasteiger partial charge is 0.278 e. The molecule has 3 aromatic rings. The lowest BCUT2D eigenvalue weighted by molar-refractivity contribution is 0.478. The normalized spacial score (nSPS) is 11.5. The molecule has 0 saturated heterocycles. The minimum atomic E-state index is -3.82. The third-order valence-corrected chi connectivity index (χ3v) is 5.31. The largest absolute Gasteiger partial charge is 0.431 e. The van der Waals surface area contributed by atoms with Crippen LogP contribution in [0.15, 0.2) is 54.0 Å². The molecule has 1 aromatic heterocycles. The van der Waals surface area contributed by atoms with Crippen molar-refractivity contribution in [2.24, 2.45) is 0 Å². The number of nitrogens with one attached hydrogen (secondary N) is 1. The molecule has 0 fully saturated rings. The van der Waals surface area contributed by atoms with E-state index < -0.39 is 27.4 Å². The number of hydrogen-bond donors (Lipinski definition) is 1. The highest BCUT2D eigenvalue weighted by Gasteiger charge is 2.15. The number of ether oxygens (including phenoxy) is 1. The molecular formula is C17H14F2N2O3S2. The lowest BCUT2D eigenvalue weighted by Crippen LogP contribution is -2.25. The van der Waals surface area contributed by atoms with Gasteiger partial charge in [-0.05, 0) is 35.9 Å². The van der Waals surface area contributed by atoms with E-state index in [2.05, 4.69) is 9.71 Å². The summed E-state index contributed by atoms with van der Waals surface area (Å²) in [6.07, 6.45) is 1.63. The van der Waals surface area contributed by atoms with Gasteiger partial charge in [-0.15, -0.1) is 0 Å². The van der Waals surface area contributed by atoms with Gasteiger partial charge in [0.15, 0.2) is 0 Å². The zero-order valence-electron chi connectivity index (χ0n) is 13.4. The van der Waals surface area contributed by atoms with E-state index in [1.165, 1.54) is 11.3 Å². The van der Waals surface area contributed by atoms with E-state index in [1.807, 2.05) is 0 Å². The van der Waals surface area contributed by atoms with E-state index in [0.29, 0.717) is 16.5 Å². The van der Waals surface area contributed by atoms with Crippen LogP contribution in [0.2, 0.25) is 0 Å². The molecule has 0 aliphatic carbocycles. The second-order valence-corrected chi connectivity index (χ2v) is 8.02. The van der Waals surface area contributed by atoms with Crippen molar-refractivity contribution < 1.29 is 21.9 Å². The molecule has 0 aliphatic rings. The van der Waals surface area contributed by atoms with Crippen LogP contribution in [0, 0.1) is 11.6 Å². The zero-order chi connectivity index (χ0) is 18.6. The molecule has 0 bridgehead atoms. The summed E-state index contributed by atoms with van der Waals surface area (Å²) >= 11 is 1.36. The molecular weight excluding hydrogens is 382 g/mol. The highest BCUT2D eigenvalue weighted by molar-refractivity contribution is 7.88. The fourth-order valence-electron chi connectivity index (χ4n) is 2.14. The molecule has 5 nitrogen and oxygen atoms in total. The van der Waals surface area contributed by atoms with Crippen LogP contribution < -0.4 is 9.46 Å². The first-order valence-electron chi connectivity index (χ1n) is 7.49.